The van der Waals surface area contributed by atoms with Gasteiger partial charge in [-0.15, -0.1) is 0 Å². The molecule has 3 heterocycles. The molecular formula is C19H15ClN6O. The summed E-state index contributed by atoms with van der Waals surface area (Å²) >= 11 is 5.85. The van der Waals surface area contributed by atoms with Crippen LogP contribution in [0.5, 0.6) is 11.6 Å². The van der Waals surface area contributed by atoms with Crippen molar-refractivity contribution < 1.29 is 4.74 Å². The highest BCUT2D eigenvalue weighted by Gasteiger charge is 2.13. The highest BCUT2D eigenvalue weighted by atomic mass is 35.5. The molecule has 7 nitrogen and oxygen atoms in total. The van der Waals surface area contributed by atoms with Crippen LogP contribution in [-0.4, -0.2) is 19.9 Å². The smallest absolute Gasteiger partial charge is 0.248 e. The third-order valence-electron chi connectivity index (χ3n) is 3.85. The predicted molar refractivity (Wildman–Crippen MR) is 106 cm³/mol. The van der Waals surface area contributed by atoms with Gasteiger partial charge in [0.15, 0.2) is 11.6 Å². The SMILES string of the molecule is Cc1ccc2cccc(Oc3ncnc(Nc4ccc(Cl)cn4)c3N)c2n1. The first-order chi connectivity index (χ1) is 13.1. The number of aromatic nitrogens is 4. The van der Waals surface area contributed by atoms with Gasteiger partial charge in [0.1, 0.15) is 23.3 Å². The van der Waals surface area contributed by atoms with E-state index in [0.717, 1.165) is 16.6 Å². The van der Waals surface area contributed by atoms with Crippen molar-refractivity contribution in [1.29, 1.82) is 0 Å². The Morgan fingerprint density at radius 1 is 1.04 bits per heavy atom. The first-order valence-electron chi connectivity index (χ1n) is 8.13. The van der Waals surface area contributed by atoms with Crippen LogP contribution < -0.4 is 15.8 Å². The van der Waals surface area contributed by atoms with E-state index in [2.05, 4.69) is 25.3 Å². The van der Waals surface area contributed by atoms with Crippen LogP contribution in [0.2, 0.25) is 5.02 Å². The van der Waals surface area contributed by atoms with Crippen LogP contribution in [-0.2, 0) is 0 Å². The number of rotatable bonds is 4. The number of nitrogens with zero attached hydrogens (tertiary/aromatic N) is 4. The van der Waals surface area contributed by atoms with Gasteiger partial charge in [-0.25, -0.2) is 15.0 Å². The van der Waals surface area contributed by atoms with E-state index in [0.29, 0.717) is 22.4 Å². The zero-order chi connectivity index (χ0) is 18.8. The van der Waals surface area contributed by atoms with Crippen molar-refractivity contribution >= 4 is 39.8 Å². The van der Waals surface area contributed by atoms with Gasteiger partial charge in [-0.3, -0.25) is 0 Å². The number of anilines is 3. The van der Waals surface area contributed by atoms with E-state index >= 15 is 0 Å². The number of benzene rings is 1. The van der Waals surface area contributed by atoms with E-state index in [4.69, 9.17) is 22.1 Å². The Labute approximate surface area is 160 Å². The Kier molecular flexibility index (Phi) is 4.43. The summed E-state index contributed by atoms with van der Waals surface area (Å²) in [5.74, 6) is 1.74. The third kappa shape index (κ3) is 3.58. The van der Waals surface area contributed by atoms with Crippen LogP contribution in [0.25, 0.3) is 10.9 Å². The third-order valence-corrected chi connectivity index (χ3v) is 4.07. The number of nitrogens with two attached hydrogens (primary N) is 1. The zero-order valence-electron chi connectivity index (χ0n) is 14.3. The summed E-state index contributed by atoms with van der Waals surface area (Å²) in [6.45, 7) is 1.93. The Morgan fingerprint density at radius 2 is 1.93 bits per heavy atom. The lowest BCUT2D eigenvalue weighted by Crippen LogP contribution is -2.04. The van der Waals surface area contributed by atoms with Gasteiger partial charge in [0.2, 0.25) is 5.88 Å². The molecule has 0 aliphatic rings. The van der Waals surface area contributed by atoms with Crippen molar-refractivity contribution in [2.75, 3.05) is 11.1 Å². The van der Waals surface area contributed by atoms with Gasteiger partial charge in [0.25, 0.3) is 0 Å². The molecule has 0 bridgehead atoms. The lowest BCUT2D eigenvalue weighted by molar-refractivity contribution is 0.469. The second kappa shape index (κ2) is 7.05. The maximum absolute atomic E-state index is 6.20. The number of pyridine rings is 2. The largest absolute Gasteiger partial charge is 0.435 e. The number of ether oxygens (including phenoxy) is 1. The van der Waals surface area contributed by atoms with Gasteiger partial charge in [-0.1, -0.05) is 29.8 Å². The average Bonchev–Trinajstić information content (AvgIpc) is 2.67. The fraction of sp³-hybridized carbons (Fsp3) is 0.0526. The molecule has 27 heavy (non-hydrogen) atoms. The second-order valence-electron chi connectivity index (χ2n) is 5.81. The Hall–Kier alpha value is -3.45. The molecule has 0 saturated heterocycles. The van der Waals surface area contributed by atoms with E-state index in [1.54, 1.807) is 12.1 Å². The van der Waals surface area contributed by atoms with Gasteiger partial charge in [-0.2, -0.15) is 4.98 Å². The van der Waals surface area contributed by atoms with Gasteiger partial charge in [-0.05, 0) is 31.2 Å². The monoisotopic (exact) mass is 378 g/mol. The summed E-state index contributed by atoms with van der Waals surface area (Å²) in [6.07, 6.45) is 2.90. The fourth-order valence-corrected chi connectivity index (χ4v) is 2.65. The van der Waals surface area contributed by atoms with E-state index < -0.39 is 0 Å². The maximum atomic E-state index is 6.20. The number of hydrogen-bond acceptors (Lipinski definition) is 7. The lowest BCUT2D eigenvalue weighted by atomic mass is 10.2. The van der Waals surface area contributed by atoms with Crippen molar-refractivity contribution in [3.05, 3.63) is 65.7 Å². The number of hydrogen-bond donors (Lipinski definition) is 2. The quantitative estimate of drug-likeness (QED) is 0.539. The van der Waals surface area contributed by atoms with Crippen molar-refractivity contribution in [1.82, 2.24) is 19.9 Å². The Morgan fingerprint density at radius 3 is 2.74 bits per heavy atom. The van der Waals surface area contributed by atoms with Crippen molar-refractivity contribution in [3.8, 4) is 11.6 Å². The van der Waals surface area contributed by atoms with Crippen LogP contribution in [0.3, 0.4) is 0 Å². The summed E-state index contributed by atoms with van der Waals surface area (Å²) in [5, 5.41) is 4.54. The summed E-state index contributed by atoms with van der Waals surface area (Å²) in [5.41, 5.74) is 8.09. The predicted octanol–water partition coefficient (Wildman–Crippen LogP) is 4.50. The molecule has 4 rings (SSSR count). The molecule has 0 aliphatic carbocycles. The van der Waals surface area contributed by atoms with Gasteiger partial charge in [0.05, 0.1) is 5.02 Å². The van der Waals surface area contributed by atoms with Crippen LogP contribution >= 0.6 is 11.6 Å². The summed E-state index contributed by atoms with van der Waals surface area (Å²) in [6, 6.07) is 13.1. The Bertz CT molecular complexity index is 1120. The number of halogens is 1. The molecule has 0 unspecified atom stereocenters. The van der Waals surface area contributed by atoms with Crippen LogP contribution in [0.4, 0.5) is 17.3 Å². The summed E-state index contributed by atoms with van der Waals surface area (Å²) in [4.78, 5) is 17.0. The van der Waals surface area contributed by atoms with Crippen molar-refractivity contribution in [2.45, 2.75) is 6.92 Å². The number of nitrogens with one attached hydrogen (secondary N) is 1. The fourth-order valence-electron chi connectivity index (χ4n) is 2.54. The molecule has 0 radical (unpaired) electrons. The number of nitrogen functional groups attached to an aromatic ring is 1. The van der Waals surface area contributed by atoms with Crippen molar-refractivity contribution in [3.63, 3.8) is 0 Å². The van der Waals surface area contributed by atoms with E-state index in [-0.39, 0.29) is 11.6 Å². The highest BCUT2D eigenvalue weighted by molar-refractivity contribution is 6.30. The molecule has 134 valence electrons. The molecule has 3 N–H and O–H groups in total. The molecule has 1 aromatic carbocycles. The minimum absolute atomic E-state index is 0.234. The van der Waals surface area contributed by atoms with Gasteiger partial charge >= 0.3 is 0 Å². The van der Waals surface area contributed by atoms with E-state index in [1.165, 1.54) is 12.5 Å². The average molecular weight is 379 g/mol. The normalized spacial score (nSPS) is 10.7. The molecule has 0 saturated carbocycles. The molecule has 3 aromatic heterocycles. The molecule has 0 aliphatic heterocycles. The second-order valence-corrected chi connectivity index (χ2v) is 6.25. The van der Waals surface area contributed by atoms with E-state index in [9.17, 15) is 0 Å². The van der Waals surface area contributed by atoms with Crippen LogP contribution in [0.15, 0.2) is 55.0 Å². The number of fused-ring (bicyclic) bond motifs is 1. The maximum Gasteiger partial charge on any atom is 0.248 e. The summed E-state index contributed by atoms with van der Waals surface area (Å²) < 4.78 is 5.95. The molecule has 0 fully saturated rings. The summed E-state index contributed by atoms with van der Waals surface area (Å²) in [7, 11) is 0. The van der Waals surface area contributed by atoms with Gasteiger partial charge < -0.3 is 15.8 Å². The van der Waals surface area contributed by atoms with Crippen LogP contribution in [0.1, 0.15) is 5.69 Å². The first-order valence-corrected chi connectivity index (χ1v) is 8.51. The molecule has 4 aromatic rings. The lowest BCUT2D eigenvalue weighted by Gasteiger charge is -2.12. The van der Waals surface area contributed by atoms with Crippen molar-refractivity contribution in [2.24, 2.45) is 0 Å². The molecule has 0 amide bonds. The molecule has 0 atom stereocenters. The minimum Gasteiger partial charge on any atom is -0.435 e. The molecule has 0 spiro atoms. The van der Waals surface area contributed by atoms with E-state index in [1.807, 2.05) is 37.3 Å². The molecular weight excluding hydrogens is 364 g/mol. The molecule has 8 heteroatoms. The van der Waals surface area contributed by atoms with Gasteiger partial charge in [0, 0.05) is 17.3 Å². The first kappa shape index (κ1) is 17.0. The minimum atomic E-state index is 0.234. The highest BCUT2D eigenvalue weighted by Crippen LogP contribution is 2.33. The Balaban J connectivity index is 1.67. The topological polar surface area (TPSA) is 98.8 Å². The number of para-hydroxylation sites is 1. The van der Waals surface area contributed by atoms with Crippen LogP contribution in [0, 0.1) is 6.92 Å². The standard InChI is InChI=1S/C19H15ClN6O/c1-11-5-6-12-3-2-4-14(17(12)25-11)27-19-16(21)18(23-10-24-19)26-15-8-7-13(20)9-22-15/h2-10H,21H2,1H3,(H,22,23,24,26). The zero-order valence-corrected chi connectivity index (χ0v) is 15.1. The number of aryl methyl sites for hydroxylation is 1.